The van der Waals surface area contributed by atoms with Crippen molar-refractivity contribution in [2.24, 2.45) is 0 Å². The van der Waals surface area contributed by atoms with Crippen molar-refractivity contribution < 1.29 is 0 Å². The van der Waals surface area contributed by atoms with Crippen molar-refractivity contribution >= 4 is 5.52 Å². The van der Waals surface area contributed by atoms with Crippen LogP contribution in [0.5, 0.6) is 0 Å². The minimum Gasteiger partial charge on any atom is -0.241 e. The monoisotopic (exact) mass is 206 g/mol. The van der Waals surface area contributed by atoms with Crippen molar-refractivity contribution in [3.05, 3.63) is 35.7 Å². The van der Waals surface area contributed by atoms with Crippen LogP contribution in [0.3, 0.4) is 0 Å². The van der Waals surface area contributed by atoms with Gasteiger partial charge in [-0.25, -0.2) is 4.52 Å². The second-order valence-corrected chi connectivity index (χ2v) is 2.84. The van der Waals surface area contributed by atoms with Crippen LogP contribution in [0.25, 0.3) is 5.52 Å². The number of aryl methyl sites for hydroxylation is 2. The highest BCUT2D eigenvalue weighted by atomic mass is 15.2. The first kappa shape index (κ1) is 13.7. The van der Waals surface area contributed by atoms with Crippen LogP contribution >= 0.6 is 0 Å². The number of rotatable bonds is 0. The minimum absolute atomic E-state index is 1.16. The van der Waals surface area contributed by atoms with E-state index in [1.165, 1.54) is 11.1 Å². The molecule has 0 atom stereocenters. The van der Waals surface area contributed by atoms with E-state index in [2.05, 4.69) is 25.0 Å². The molecular formula is C13H22N2. The Morgan fingerprint density at radius 1 is 1.00 bits per heavy atom. The van der Waals surface area contributed by atoms with Gasteiger partial charge in [0, 0.05) is 12.4 Å². The number of hydrogen-bond donors (Lipinski definition) is 0. The van der Waals surface area contributed by atoms with Gasteiger partial charge >= 0.3 is 0 Å². The summed E-state index contributed by atoms with van der Waals surface area (Å²) in [6.45, 7) is 12.2. The van der Waals surface area contributed by atoms with Gasteiger partial charge in [-0.2, -0.15) is 5.10 Å². The van der Waals surface area contributed by atoms with Gasteiger partial charge in [0.25, 0.3) is 0 Å². The average Bonchev–Trinajstić information content (AvgIpc) is 2.72. The molecule has 0 amide bonds. The predicted octanol–water partition coefficient (Wildman–Crippen LogP) is 4.00. The normalized spacial score (nSPS) is 8.67. The van der Waals surface area contributed by atoms with E-state index in [4.69, 9.17) is 0 Å². The zero-order chi connectivity index (χ0) is 11.8. The molecule has 0 aromatic carbocycles. The summed E-state index contributed by atoms with van der Waals surface area (Å²) in [7, 11) is 0. The molecule has 0 spiro atoms. The lowest BCUT2D eigenvalue weighted by Gasteiger charge is -1.99. The maximum Gasteiger partial charge on any atom is 0.0664 e. The van der Waals surface area contributed by atoms with Crippen LogP contribution in [0, 0.1) is 13.8 Å². The Balaban J connectivity index is 0.000000442. The average molecular weight is 206 g/mol. The second kappa shape index (κ2) is 7.04. The third-order valence-corrected chi connectivity index (χ3v) is 2.00. The molecule has 84 valence electrons. The van der Waals surface area contributed by atoms with Crippen LogP contribution in [-0.2, 0) is 0 Å². The van der Waals surface area contributed by atoms with Crippen LogP contribution < -0.4 is 0 Å². The number of nitrogens with zero attached hydrogens (tertiary/aromatic N) is 2. The van der Waals surface area contributed by atoms with Crippen LogP contribution in [0.1, 0.15) is 38.8 Å². The third kappa shape index (κ3) is 3.39. The summed E-state index contributed by atoms with van der Waals surface area (Å²) in [6.07, 6.45) is 3.86. The predicted molar refractivity (Wildman–Crippen MR) is 67.4 cm³/mol. The second-order valence-electron chi connectivity index (χ2n) is 2.84. The molecule has 15 heavy (non-hydrogen) atoms. The molecule has 0 aliphatic rings. The van der Waals surface area contributed by atoms with Crippen LogP contribution in [0.15, 0.2) is 24.5 Å². The lowest BCUT2D eigenvalue weighted by molar-refractivity contribution is 0.946. The fourth-order valence-electron chi connectivity index (χ4n) is 1.17. The zero-order valence-corrected chi connectivity index (χ0v) is 10.7. The Bertz CT molecular complexity index is 352. The van der Waals surface area contributed by atoms with E-state index < -0.39 is 0 Å². The van der Waals surface area contributed by atoms with Crippen molar-refractivity contribution in [3.8, 4) is 0 Å². The number of aromatic nitrogens is 2. The Morgan fingerprint density at radius 2 is 1.60 bits per heavy atom. The zero-order valence-electron chi connectivity index (χ0n) is 10.7. The smallest absolute Gasteiger partial charge is 0.0664 e. The molecule has 2 heterocycles. The standard InChI is InChI=1S/C9H10N2.2C2H6/c1-7-5-9-3-4-10-11(9)6-8(7)2;2*1-2/h3-6H,1-2H3;2*1-2H3. The van der Waals surface area contributed by atoms with E-state index in [1.54, 1.807) is 0 Å². The van der Waals surface area contributed by atoms with Gasteiger partial charge in [0.05, 0.1) is 5.52 Å². The fraction of sp³-hybridized carbons (Fsp3) is 0.462. The minimum atomic E-state index is 1.16. The Hall–Kier alpha value is -1.31. The Labute approximate surface area is 92.9 Å². The summed E-state index contributed by atoms with van der Waals surface area (Å²) in [4.78, 5) is 0. The van der Waals surface area contributed by atoms with Crippen LogP contribution in [0.2, 0.25) is 0 Å². The molecule has 0 N–H and O–H groups in total. The summed E-state index contributed by atoms with van der Waals surface area (Å²) in [5, 5.41) is 4.14. The lowest BCUT2D eigenvalue weighted by atomic mass is 10.2. The molecule has 2 heteroatoms. The quantitative estimate of drug-likeness (QED) is 0.636. The summed E-state index contributed by atoms with van der Waals surface area (Å²) < 4.78 is 1.89. The molecule has 0 saturated heterocycles. The van der Waals surface area contributed by atoms with Gasteiger partial charge in [0.1, 0.15) is 0 Å². The molecule has 0 fully saturated rings. The van der Waals surface area contributed by atoms with E-state index in [0.29, 0.717) is 0 Å². The highest BCUT2D eigenvalue weighted by molar-refractivity contribution is 5.49. The molecule has 0 aliphatic carbocycles. The van der Waals surface area contributed by atoms with Crippen molar-refractivity contribution in [1.29, 1.82) is 0 Å². The third-order valence-electron chi connectivity index (χ3n) is 2.00. The number of pyridine rings is 1. The summed E-state index contributed by atoms with van der Waals surface area (Å²) >= 11 is 0. The molecule has 0 radical (unpaired) electrons. The van der Waals surface area contributed by atoms with Crippen molar-refractivity contribution in [3.63, 3.8) is 0 Å². The molecule has 0 aliphatic heterocycles. The molecule has 2 rings (SSSR count). The first-order chi connectivity index (χ1) is 7.27. The topological polar surface area (TPSA) is 17.3 Å². The Kier molecular flexibility index (Phi) is 6.43. The molecule has 2 aromatic heterocycles. The van der Waals surface area contributed by atoms with E-state index in [-0.39, 0.29) is 0 Å². The largest absolute Gasteiger partial charge is 0.241 e. The molecule has 0 unspecified atom stereocenters. The fourth-order valence-corrected chi connectivity index (χ4v) is 1.17. The van der Waals surface area contributed by atoms with Gasteiger partial charge in [-0.1, -0.05) is 27.7 Å². The molecule has 0 saturated carbocycles. The summed E-state index contributed by atoms with van der Waals surface area (Å²) in [6, 6.07) is 4.15. The molecule has 2 aromatic rings. The Morgan fingerprint density at radius 3 is 2.20 bits per heavy atom. The van der Waals surface area contributed by atoms with Crippen molar-refractivity contribution in [2.75, 3.05) is 0 Å². The van der Waals surface area contributed by atoms with Crippen molar-refractivity contribution in [1.82, 2.24) is 9.61 Å². The van der Waals surface area contributed by atoms with Gasteiger partial charge in [0.2, 0.25) is 0 Å². The summed E-state index contributed by atoms with van der Waals surface area (Å²) in [5.74, 6) is 0. The van der Waals surface area contributed by atoms with Crippen molar-refractivity contribution in [2.45, 2.75) is 41.5 Å². The molecule has 0 bridgehead atoms. The number of fused-ring (bicyclic) bond motifs is 1. The van der Waals surface area contributed by atoms with Gasteiger partial charge < -0.3 is 0 Å². The maximum absolute atomic E-state index is 4.14. The van der Waals surface area contributed by atoms with Gasteiger partial charge in [-0.15, -0.1) is 0 Å². The first-order valence-electron chi connectivity index (χ1n) is 5.68. The van der Waals surface area contributed by atoms with Gasteiger partial charge in [-0.3, -0.25) is 0 Å². The number of hydrogen-bond acceptors (Lipinski definition) is 1. The molecular weight excluding hydrogens is 184 g/mol. The maximum atomic E-state index is 4.14. The summed E-state index contributed by atoms with van der Waals surface area (Å²) in [5.41, 5.74) is 3.76. The SMILES string of the molecule is CC.CC.Cc1cc2ccnn2cc1C. The van der Waals surface area contributed by atoms with Crippen LogP contribution in [-0.4, -0.2) is 9.61 Å². The van der Waals surface area contributed by atoms with Crippen LogP contribution in [0.4, 0.5) is 0 Å². The van der Waals surface area contributed by atoms with E-state index in [9.17, 15) is 0 Å². The van der Waals surface area contributed by atoms with Gasteiger partial charge in [-0.05, 0) is 37.1 Å². The van der Waals surface area contributed by atoms with E-state index >= 15 is 0 Å². The first-order valence-corrected chi connectivity index (χ1v) is 5.68. The van der Waals surface area contributed by atoms with Gasteiger partial charge in [0.15, 0.2) is 0 Å². The molecule has 2 nitrogen and oxygen atoms in total. The highest BCUT2D eigenvalue weighted by Gasteiger charge is 1.95. The highest BCUT2D eigenvalue weighted by Crippen LogP contribution is 2.09. The van der Waals surface area contributed by atoms with E-state index in [1.807, 2.05) is 50.7 Å². The van der Waals surface area contributed by atoms with E-state index in [0.717, 1.165) is 5.52 Å². The lowest BCUT2D eigenvalue weighted by Crippen LogP contribution is -1.89.